The molecular formula is C18H36O2. The zero-order valence-corrected chi connectivity index (χ0v) is 14.2. The first-order valence-electron chi connectivity index (χ1n) is 8.66. The minimum absolute atomic E-state index is 0.104. The van der Waals surface area contributed by atoms with E-state index in [0.717, 1.165) is 37.5 Å². The van der Waals surface area contributed by atoms with E-state index in [4.69, 9.17) is 0 Å². The normalized spacial score (nSPS) is 13.1. The van der Waals surface area contributed by atoms with Crippen molar-refractivity contribution in [3.05, 3.63) is 0 Å². The van der Waals surface area contributed by atoms with Gasteiger partial charge in [-0.2, -0.15) is 0 Å². The molecule has 0 spiro atoms. The maximum absolute atomic E-state index is 11.2. The summed E-state index contributed by atoms with van der Waals surface area (Å²) in [6.07, 6.45) is 11.4. The number of carbonyl (C=O) groups is 1. The van der Waals surface area contributed by atoms with Crippen LogP contribution in [0.25, 0.3) is 0 Å². The van der Waals surface area contributed by atoms with Gasteiger partial charge in [0.25, 0.3) is 0 Å². The van der Waals surface area contributed by atoms with Gasteiger partial charge in [-0.05, 0) is 24.7 Å². The van der Waals surface area contributed by atoms with Crippen LogP contribution in [0.2, 0.25) is 0 Å². The van der Waals surface area contributed by atoms with Crippen molar-refractivity contribution in [3.8, 4) is 0 Å². The zero-order valence-electron chi connectivity index (χ0n) is 14.2. The lowest BCUT2D eigenvalue weighted by atomic mass is 9.93. The van der Waals surface area contributed by atoms with Crippen molar-refractivity contribution in [2.75, 3.05) is 0 Å². The molecule has 0 aromatic heterocycles. The fourth-order valence-electron chi connectivity index (χ4n) is 2.63. The van der Waals surface area contributed by atoms with Crippen LogP contribution in [-0.4, -0.2) is 11.1 Å². The molecule has 1 N–H and O–H groups in total. The highest BCUT2D eigenvalue weighted by Crippen LogP contribution is 2.20. The van der Waals surface area contributed by atoms with Gasteiger partial charge in [0.2, 0.25) is 0 Å². The third-order valence-electron chi connectivity index (χ3n) is 4.02. The molecule has 0 bridgehead atoms. The van der Waals surface area contributed by atoms with E-state index in [1.54, 1.807) is 0 Å². The van der Waals surface area contributed by atoms with Gasteiger partial charge < -0.3 is 5.11 Å². The topological polar surface area (TPSA) is 37.3 Å². The number of hydrogen-bond donors (Lipinski definition) is 1. The predicted molar refractivity (Wildman–Crippen MR) is 87.0 cm³/mol. The number of aliphatic carboxylic acids is 1. The Hall–Kier alpha value is -0.530. The Morgan fingerprint density at radius 2 is 1.05 bits per heavy atom. The van der Waals surface area contributed by atoms with Gasteiger partial charge in [-0.25, -0.2) is 0 Å². The quantitative estimate of drug-likeness (QED) is 0.427. The minimum atomic E-state index is -0.586. The van der Waals surface area contributed by atoms with Crippen molar-refractivity contribution < 1.29 is 9.90 Å². The Labute approximate surface area is 126 Å². The van der Waals surface area contributed by atoms with Gasteiger partial charge in [0.15, 0.2) is 0 Å². The number of rotatable bonds is 13. The minimum Gasteiger partial charge on any atom is -0.481 e. The van der Waals surface area contributed by atoms with Crippen molar-refractivity contribution >= 4 is 5.97 Å². The largest absolute Gasteiger partial charge is 0.481 e. The Morgan fingerprint density at radius 3 is 1.45 bits per heavy atom. The number of unbranched alkanes of at least 4 members (excludes halogenated alkanes) is 4. The van der Waals surface area contributed by atoms with Crippen LogP contribution in [0.1, 0.15) is 91.9 Å². The second kappa shape index (κ2) is 12.2. The first-order valence-corrected chi connectivity index (χ1v) is 8.66. The SMILES string of the molecule is CC(C)CCCCCCC(CCCCC(C)C)C(=O)O. The van der Waals surface area contributed by atoms with Crippen LogP contribution in [0.5, 0.6) is 0 Å². The molecule has 0 aliphatic rings. The van der Waals surface area contributed by atoms with E-state index in [1.165, 1.54) is 38.5 Å². The van der Waals surface area contributed by atoms with Crippen LogP contribution in [-0.2, 0) is 4.79 Å². The fraction of sp³-hybridized carbons (Fsp3) is 0.944. The molecule has 0 saturated heterocycles. The van der Waals surface area contributed by atoms with Crippen LogP contribution in [0, 0.1) is 17.8 Å². The average molecular weight is 284 g/mol. The monoisotopic (exact) mass is 284 g/mol. The van der Waals surface area contributed by atoms with Gasteiger partial charge in [0, 0.05) is 0 Å². The van der Waals surface area contributed by atoms with Crippen molar-refractivity contribution in [2.24, 2.45) is 17.8 Å². The summed E-state index contributed by atoms with van der Waals surface area (Å²) in [6, 6.07) is 0. The molecule has 0 amide bonds. The third kappa shape index (κ3) is 12.5. The van der Waals surface area contributed by atoms with E-state index in [1.807, 2.05) is 0 Å². The maximum Gasteiger partial charge on any atom is 0.306 e. The highest BCUT2D eigenvalue weighted by Gasteiger charge is 2.16. The van der Waals surface area contributed by atoms with E-state index >= 15 is 0 Å². The first-order chi connectivity index (χ1) is 9.43. The standard InChI is InChI=1S/C18H36O2/c1-15(2)11-7-5-6-8-13-17(18(19)20)14-10-9-12-16(3)4/h15-17H,5-14H2,1-4H3,(H,19,20). The Bertz CT molecular complexity index is 234. The third-order valence-corrected chi connectivity index (χ3v) is 4.02. The van der Waals surface area contributed by atoms with E-state index in [9.17, 15) is 9.90 Å². The molecule has 1 unspecified atom stereocenters. The second-order valence-electron chi connectivity index (χ2n) is 7.10. The van der Waals surface area contributed by atoms with Gasteiger partial charge in [-0.15, -0.1) is 0 Å². The molecule has 0 fully saturated rings. The summed E-state index contributed by atoms with van der Waals surface area (Å²) >= 11 is 0. The summed E-state index contributed by atoms with van der Waals surface area (Å²) in [6.45, 7) is 8.98. The number of hydrogen-bond acceptors (Lipinski definition) is 1. The lowest BCUT2D eigenvalue weighted by Crippen LogP contribution is -2.13. The van der Waals surface area contributed by atoms with Gasteiger partial charge in [0.05, 0.1) is 5.92 Å². The molecule has 0 rings (SSSR count). The molecule has 0 aliphatic carbocycles. The highest BCUT2D eigenvalue weighted by molar-refractivity contribution is 5.69. The first kappa shape index (κ1) is 19.5. The molecule has 20 heavy (non-hydrogen) atoms. The molecule has 0 saturated carbocycles. The average Bonchev–Trinajstić information content (AvgIpc) is 2.34. The molecular weight excluding hydrogens is 248 g/mol. The smallest absolute Gasteiger partial charge is 0.306 e. The lowest BCUT2D eigenvalue weighted by molar-refractivity contribution is -0.142. The summed E-state index contributed by atoms with van der Waals surface area (Å²) in [5.41, 5.74) is 0. The summed E-state index contributed by atoms with van der Waals surface area (Å²) in [4.78, 5) is 11.2. The van der Waals surface area contributed by atoms with Gasteiger partial charge in [-0.1, -0.05) is 79.1 Å². The van der Waals surface area contributed by atoms with E-state index in [-0.39, 0.29) is 5.92 Å². The molecule has 0 aromatic carbocycles. The molecule has 0 aliphatic heterocycles. The molecule has 2 heteroatoms. The summed E-state index contributed by atoms with van der Waals surface area (Å²) in [5, 5.41) is 9.26. The number of carboxylic acids is 1. The van der Waals surface area contributed by atoms with E-state index < -0.39 is 5.97 Å². The second-order valence-corrected chi connectivity index (χ2v) is 7.10. The van der Waals surface area contributed by atoms with Crippen LogP contribution in [0.3, 0.4) is 0 Å². The zero-order chi connectivity index (χ0) is 15.4. The van der Waals surface area contributed by atoms with Crippen molar-refractivity contribution in [1.29, 1.82) is 0 Å². The van der Waals surface area contributed by atoms with Gasteiger partial charge in [0.1, 0.15) is 0 Å². The summed E-state index contributed by atoms with van der Waals surface area (Å²) in [5.74, 6) is 0.839. The van der Waals surface area contributed by atoms with Crippen LogP contribution >= 0.6 is 0 Å². The van der Waals surface area contributed by atoms with Crippen molar-refractivity contribution in [3.63, 3.8) is 0 Å². The molecule has 0 aromatic rings. The van der Waals surface area contributed by atoms with Crippen molar-refractivity contribution in [1.82, 2.24) is 0 Å². The lowest BCUT2D eigenvalue weighted by Gasteiger charge is -2.12. The molecule has 120 valence electrons. The summed E-state index contributed by atoms with van der Waals surface area (Å²) < 4.78 is 0. The van der Waals surface area contributed by atoms with Gasteiger partial charge >= 0.3 is 5.97 Å². The van der Waals surface area contributed by atoms with Crippen LogP contribution in [0.4, 0.5) is 0 Å². The number of carboxylic acid groups (broad SMARTS) is 1. The van der Waals surface area contributed by atoms with Crippen molar-refractivity contribution in [2.45, 2.75) is 91.9 Å². The Balaban J connectivity index is 3.62. The maximum atomic E-state index is 11.2. The molecule has 2 nitrogen and oxygen atoms in total. The summed E-state index contributed by atoms with van der Waals surface area (Å²) in [7, 11) is 0. The molecule has 1 atom stereocenters. The predicted octanol–water partition coefficient (Wildman–Crippen LogP) is 5.90. The molecule has 0 heterocycles. The van der Waals surface area contributed by atoms with Gasteiger partial charge in [-0.3, -0.25) is 4.79 Å². The molecule has 0 radical (unpaired) electrons. The Morgan fingerprint density at radius 1 is 0.700 bits per heavy atom. The van der Waals surface area contributed by atoms with Crippen LogP contribution in [0.15, 0.2) is 0 Å². The van der Waals surface area contributed by atoms with Crippen LogP contribution < -0.4 is 0 Å². The Kier molecular flexibility index (Phi) is 11.9. The fourth-order valence-corrected chi connectivity index (χ4v) is 2.63. The highest BCUT2D eigenvalue weighted by atomic mass is 16.4. The van der Waals surface area contributed by atoms with E-state index in [2.05, 4.69) is 27.7 Å². The van der Waals surface area contributed by atoms with E-state index in [0.29, 0.717) is 0 Å².